The van der Waals surface area contributed by atoms with Crippen molar-refractivity contribution < 1.29 is 4.79 Å². The first-order chi connectivity index (χ1) is 8.63. The Morgan fingerprint density at radius 3 is 2.50 bits per heavy atom. The molecule has 0 aliphatic carbocycles. The van der Waals surface area contributed by atoms with E-state index in [0.29, 0.717) is 0 Å². The van der Waals surface area contributed by atoms with E-state index in [1.807, 2.05) is 19.1 Å². The lowest BCUT2D eigenvalue weighted by Crippen LogP contribution is -2.35. The van der Waals surface area contributed by atoms with Crippen molar-refractivity contribution >= 4 is 12.0 Å². The minimum Gasteiger partial charge on any atom is -0.371 e. The normalized spacial score (nSPS) is 17.2. The highest BCUT2D eigenvalue weighted by atomic mass is 16.1. The molecule has 0 aromatic heterocycles. The number of carbonyl (C=O) groups is 1. The summed E-state index contributed by atoms with van der Waals surface area (Å²) in [5.41, 5.74) is 3.18. The van der Waals surface area contributed by atoms with Gasteiger partial charge in [0.25, 0.3) is 0 Å². The highest BCUT2D eigenvalue weighted by Gasteiger charge is 2.22. The van der Waals surface area contributed by atoms with Crippen molar-refractivity contribution in [1.29, 1.82) is 0 Å². The van der Waals surface area contributed by atoms with E-state index in [0.717, 1.165) is 42.3 Å². The number of nitrogens with zero attached hydrogens (tertiary/aromatic N) is 1. The van der Waals surface area contributed by atoms with Gasteiger partial charge in [-0.25, -0.2) is 0 Å². The fraction of sp³-hybridized carbons (Fsp3) is 0.562. The van der Waals surface area contributed by atoms with Crippen LogP contribution in [0.1, 0.15) is 42.6 Å². The molecule has 0 saturated carbocycles. The molecule has 2 rings (SSSR count). The van der Waals surface area contributed by atoms with Crippen LogP contribution in [0.2, 0.25) is 0 Å². The Labute approximate surface area is 110 Å². The molecule has 1 aromatic rings. The van der Waals surface area contributed by atoms with Crippen LogP contribution in [0, 0.1) is 18.8 Å². The lowest BCUT2D eigenvalue weighted by Gasteiger charge is -2.36. The van der Waals surface area contributed by atoms with E-state index >= 15 is 0 Å². The van der Waals surface area contributed by atoms with Crippen molar-refractivity contribution in [2.24, 2.45) is 11.8 Å². The zero-order valence-electron chi connectivity index (χ0n) is 11.6. The number of hydrogen-bond acceptors (Lipinski definition) is 2. The molecule has 18 heavy (non-hydrogen) atoms. The predicted molar refractivity (Wildman–Crippen MR) is 76.3 cm³/mol. The summed E-state index contributed by atoms with van der Waals surface area (Å²) in [7, 11) is 0. The van der Waals surface area contributed by atoms with Gasteiger partial charge in [0.1, 0.15) is 6.29 Å². The van der Waals surface area contributed by atoms with Crippen molar-refractivity contribution in [2.45, 2.75) is 33.6 Å². The molecule has 2 nitrogen and oxygen atoms in total. The standard InChI is InChI=1S/C16H23NO/c1-12(2)14-7-9-17(10-8-14)16-6-4-5-15(11-18)13(16)3/h4-6,11-12,14H,7-10H2,1-3H3. The van der Waals surface area contributed by atoms with Gasteiger partial charge in [-0.05, 0) is 43.2 Å². The lowest BCUT2D eigenvalue weighted by molar-refractivity contribution is 0.112. The van der Waals surface area contributed by atoms with Gasteiger partial charge in [-0.3, -0.25) is 4.79 Å². The average Bonchev–Trinajstić information content (AvgIpc) is 2.39. The topological polar surface area (TPSA) is 20.3 Å². The summed E-state index contributed by atoms with van der Waals surface area (Å²) in [6.45, 7) is 8.92. The minimum atomic E-state index is 0.787. The molecule has 0 radical (unpaired) electrons. The molecule has 1 heterocycles. The van der Waals surface area contributed by atoms with Gasteiger partial charge in [0.2, 0.25) is 0 Å². The number of rotatable bonds is 3. The summed E-state index contributed by atoms with van der Waals surface area (Å²) in [4.78, 5) is 13.4. The van der Waals surface area contributed by atoms with E-state index < -0.39 is 0 Å². The summed E-state index contributed by atoms with van der Waals surface area (Å²) in [6, 6.07) is 6.02. The lowest BCUT2D eigenvalue weighted by atomic mass is 9.86. The molecule has 1 saturated heterocycles. The van der Waals surface area contributed by atoms with Gasteiger partial charge in [0.05, 0.1) is 0 Å². The number of anilines is 1. The van der Waals surface area contributed by atoms with Gasteiger partial charge < -0.3 is 4.90 Å². The van der Waals surface area contributed by atoms with E-state index in [2.05, 4.69) is 24.8 Å². The summed E-state index contributed by atoms with van der Waals surface area (Å²) in [6.07, 6.45) is 3.49. The maximum atomic E-state index is 11.0. The average molecular weight is 245 g/mol. The molecule has 1 aromatic carbocycles. The maximum Gasteiger partial charge on any atom is 0.150 e. The quantitative estimate of drug-likeness (QED) is 0.757. The third kappa shape index (κ3) is 2.58. The fourth-order valence-corrected chi connectivity index (χ4v) is 2.92. The first kappa shape index (κ1) is 13.1. The van der Waals surface area contributed by atoms with Crippen LogP contribution in [0.3, 0.4) is 0 Å². The number of carbonyl (C=O) groups excluding carboxylic acids is 1. The van der Waals surface area contributed by atoms with E-state index in [9.17, 15) is 4.79 Å². The largest absolute Gasteiger partial charge is 0.371 e. The van der Waals surface area contributed by atoms with Crippen molar-refractivity contribution in [2.75, 3.05) is 18.0 Å². The van der Waals surface area contributed by atoms with E-state index in [1.54, 1.807) is 0 Å². The van der Waals surface area contributed by atoms with Crippen LogP contribution < -0.4 is 4.90 Å². The van der Waals surface area contributed by atoms with Crippen LogP contribution in [0.4, 0.5) is 5.69 Å². The zero-order valence-corrected chi connectivity index (χ0v) is 11.6. The van der Waals surface area contributed by atoms with Crippen LogP contribution in [0.25, 0.3) is 0 Å². The molecule has 0 N–H and O–H groups in total. The van der Waals surface area contributed by atoms with E-state index in [4.69, 9.17) is 0 Å². The highest BCUT2D eigenvalue weighted by molar-refractivity contribution is 5.80. The number of hydrogen-bond donors (Lipinski definition) is 0. The van der Waals surface area contributed by atoms with Crippen LogP contribution in [0.5, 0.6) is 0 Å². The zero-order chi connectivity index (χ0) is 13.1. The Morgan fingerprint density at radius 2 is 1.94 bits per heavy atom. The minimum absolute atomic E-state index is 0.787. The first-order valence-electron chi connectivity index (χ1n) is 6.93. The molecule has 2 heteroatoms. The van der Waals surface area contributed by atoms with Crippen molar-refractivity contribution in [3.63, 3.8) is 0 Å². The van der Waals surface area contributed by atoms with Gasteiger partial charge in [-0.15, -0.1) is 0 Å². The molecule has 0 bridgehead atoms. The van der Waals surface area contributed by atoms with Gasteiger partial charge in [0.15, 0.2) is 0 Å². The second-order valence-corrected chi connectivity index (χ2v) is 5.68. The number of piperidine rings is 1. The van der Waals surface area contributed by atoms with Crippen molar-refractivity contribution in [3.8, 4) is 0 Å². The van der Waals surface area contributed by atoms with Crippen molar-refractivity contribution in [3.05, 3.63) is 29.3 Å². The number of benzene rings is 1. The molecular formula is C16H23NO. The van der Waals surface area contributed by atoms with E-state index in [1.165, 1.54) is 18.5 Å². The molecule has 98 valence electrons. The Hall–Kier alpha value is -1.31. The monoisotopic (exact) mass is 245 g/mol. The van der Waals surface area contributed by atoms with Gasteiger partial charge in [-0.1, -0.05) is 26.0 Å². The Morgan fingerprint density at radius 1 is 1.28 bits per heavy atom. The third-order valence-electron chi connectivity index (χ3n) is 4.30. The molecule has 0 unspecified atom stereocenters. The Balaban J connectivity index is 2.12. The molecular weight excluding hydrogens is 222 g/mol. The third-order valence-corrected chi connectivity index (χ3v) is 4.30. The smallest absolute Gasteiger partial charge is 0.150 e. The molecule has 0 atom stereocenters. The molecule has 0 spiro atoms. The fourth-order valence-electron chi connectivity index (χ4n) is 2.92. The summed E-state index contributed by atoms with van der Waals surface area (Å²) in [5, 5.41) is 0. The second kappa shape index (κ2) is 5.55. The Kier molecular flexibility index (Phi) is 4.05. The van der Waals surface area contributed by atoms with Crippen LogP contribution in [0.15, 0.2) is 18.2 Å². The molecule has 1 fully saturated rings. The highest BCUT2D eigenvalue weighted by Crippen LogP contribution is 2.30. The maximum absolute atomic E-state index is 11.0. The molecule has 0 amide bonds. The summed E-state index contributed by atoms with van der Waals surface area (Å²) < 4.78 is 0. The SMILES string of the molecule is Cc1c(C=O)cccc1N1CCC(C(C)C)CC1. The summed E-state index contributed by atoms with van der Waals surface area (Å²) in [5.74, 6) is 1.64. The summed E-state index contributed by atoms with van der Waals surface area (Å²) >= 11 is 0. The first-order valence-corrected chi connectivity index (χ1v) is 6.93. The van der Waals surface area contributed by atoms with Gasteiger partial charge in [0, 0.05) is 24.3 Å². The van der Waals surface area contributed by atoms with Gasteiger partial charge in [-0.2, -0.15) is 0 Å². The molecule has 1 aliphatic rings. The van der Waals surface area contributed by atoms with Crippen LogP contribution >= 0.6 is 0 Å². The van der Waals surface area contributed by atoms with Crippen LogP contribution in [-0.2, 0) is 0 Å². The van der Waals surface area contributed by atoms with Crippen molar-refractivity contribution in [1.82, 2.24) is 0 Å². The van der Waals surface area contributed by atoms with E-state index in [-0.39, 0.29) is 0 Å². The molecule has 1 aliphatic heterocycles. The van der Waals surface area contributed by atoms with Crippen LogP contribution in [-0.4, -0.2) is 19.4 Å². The second-order valence-electron chi connectivity index (χ2n) is 5.68. The number of aldehydes is 1. The Bertz CT molecular complexity index is 417. The predicted octanol–water partition coefficient (Wildman–Crippen LogP) is 3.68. The van der Waals surface area contributed by atoms with Gasteiger partial charge >= 0.3 is 0 Å².